The van der Waals surface area contributed by atoms with Gasteiger partial charge in [-0.15, -0.1) is 11.3 Å². The Morgan fingerprint density at radius 1 is 1.04 bits per heavy atom. The summed E-state index contributed by atoms with van der Waals surface area (Å²) in [5.74, 6) is -0.0606. The molecule has 0 saturated heterocycles. The van der Waals surface area contributed by atoms with Crippen molar-refractivity contribution in [3.05, 3.63) is 39.8 Å². The number of rotatable bonds is 7. The molecule has 128 valence electrons. The maximum Gasteiger partial charge on any atom is 0.367 e. The highest BCUT2D eigenvalue weighted by Gasteiger charge is 2.15. The van der Waals surface area contributed by atoms with Gasteiger partial charge >= 0.3 is 11.9 Å². The molecule has 2 rings (SSSR count). The number of aromatic nitrogens is 1. The summed E-state index contributed by atoms with van der Waals surface area (Å²) < 4.78 is 20.3. The van der Waals surface area contributed by atoms with Crippen LogP contribution in [0.15, 0.2) is 23.6 Å². The van der Waals surface area contributed by atoms with Gasteiger partial charge in [-0.25, -0.2) is 14.6 Å². The van der Waals surface area contributed by atoms with Crippen molar-refractivity contribution in [1.82, 2.24) is 4.98 Å². The first-order valence-corrected chi connectivity index (χ1v) is 7.97. The van der Waals surface area contributed by atoms with Gasteiger partial charge in [-0.3, -0.25) is 0 Å². The van der Waals surface area contributed by atoms with E-state index in [1.807, 2.05) is 0 Å². The van der Waals surface area contributed by atoms with Crippen molar-refractivity contribution in [3.8, 4) is 11.5 Å². The van der Waals surface area contributed by atoms with Crippen LogP contribution in [-0.4, -0.2) is 37.7 Å². The summed E-state index contributed by atoms with van der Waals surface area (Å²) in [5.41, 5.74) is 0.776. The van der Waals surface area contributed by atoms with E-state index in [2.05, 4.69) is 4.98 Å². The summed E-state index contributed by atoms with van der Waals surface area (Å²) in [4.78, 5) is 27.8. The molecule has 0 aliphatic heterocycles. The lowest BCUT2D eigenvalue weighted by Crippen LogP contribution is -2.07. The molecule has 7 nitrogen and oxygen atoms in total. The first kappa shape index (κ1) is 17.7. The third-order valence-electron chi connectivity index (χ3n) is 2.94. The number of carbonyl (C=O) groups excluding carboxylic acids is 2. The average Bonchev–Trinajstić information content (AvgIpc) is 3.08. The Morgan fingerprint density at radius 3 is 2.29 bits per heavy atom. The van der Waals surface area contributed by atoms with E-state index in [0.29, 0.717) is 22.8 Å². The van der Waals surface area contributed by atoms with E-state index in [0.717, 1.165) is 11.3 Å². The van der Waals surface area contributed by atoms with E-state index in [1.165, 1.54) is 14.2 Å². The number of benzene rings is 1. The van der Waals surface area contributed by atoms with Gasteiger partial charge in [0, 0.05) is 11.4 Å². The van der Waals surface area contributed by atoms with Crippen molar-refractivity contribution in [2.24, 2.45) is 0 Å². The number of methoxy groups -OCH3 is 2. The second kappa shape index (κ2) is 8.30. The van der Waals surface area contributed by atoms with Crippen molar-refractivity contribution in [2.75, 3.05) is 20.8 Å². The fourth-order valence-corrected chi connectivity index (χ4v) is 2.50. The van der Waals surface area contributed by atoms with Crippen LogP contribution in [0.3, 0.4) is 0 Å². The molecule has 1 aromatic heterocycles. The summed E-state index contributed by atoms with van der Waals surface area (Å²) in [6, 6.07) is 4.76. The summed E-state index contributed by atoms with van der Waals surface area (Å²) in [5, 5.41) is 1.87. The Morgan fingerprint density at radius 2 is 1.71 bits per heavy atom. The summed E-state index contributed by atoms with van der Waals surface area (Å²) >= 11 is 1.14. The lowest BCUT2D eigenvalue weighted by Gasteiger charge is -2.08. The van der Waals surface area contributed by atoms with Gasteiger partial charge in [0.25, 0.3) is 0 Å². The second-order valence-electron chi connectivity index (χ2n) is 4.54. The maximum atomic E-state index is 12.1. The lowest BCUT2D eigenvalue weighted by atomic mass is 10.2. The molecule has 0 fully saturated rings. The van der Waals surface area contributed by atoms with Crippen LogP contribution in [0.4, 0.5) is 0 Å². The Kier molecular flexibility index (Phi) is 6.14. The van der Waals surface area contributed by atoms with Crippen LogP contribution >= 0.6 is 11.3 Å². The number of hydrogen-bond donors (Lipinski definition) is 0. The molecule has 0 unspecified atom stereocenters. The fraction of sp³-hybridized carbons (Fsp3) is 0.312. The predicted octanol–water partition coefficient (Wildman–Crippen LogP) is 2.69. The van der Waals surface area contributed by atoms with Crippen molar-refractivity contribution < 1.29 is 28.5 Å². The molecule has 0 aliphatic carbocycles. The molecule has 0 atom stereocenters. The summed E-state index contributed by atoms with van der Waals surface area (Å²) in [7, 11) is 2.99. The molecule has 0 amide bonds. The smallest absolute Gasteiger partial charge is 0.367 e. The second-order valence-corrected chi connectivity index (χ2v) is 5.40. The van der Waals surface area contributed by atoms with Gasteiger partial charge < -0.3 is 18.9 Å². The highest BCUT2D eigenvalue weighted by molar-refractivity contribution is 7.11. The molecule has 1 aromatic carbocycles. The Balaban J connectivity index is 2.02. The molecule has 0 saturated carbocycles. The number of hydrogen-bond acceptors (Lipinski definition) is 8. The fourth-order valence-electron chi connectivity index (χ4n) is 1.81. The van der Waals surface area contributed by atoms with Crippen LogP contribution in [0, 0.1) is 0 Å². The van der Waals surface area contributed by atoms with Crippen LogP contribution in [-0.2, 0) is 16.1 Å². The van der Waals surface area contributed by atoms with Gasteiger partial charge in [0.05, 0.1) is 32.1 Å². The number of esters is 2. The first-order chi connectivity index (χ1) is 11.6. The van der Waals surface area contributed by atoms with E-state index in [9.17, 15) is 9.59 Å². The zero-order chi connectivity index (χ0) is 17.5. The standard InChI is InChI=1S/C16H17NO6S/c1-4-22-16(19)14-17-11(9-24-14)8-23-15(18)10-5-12(20-2)7-13(6-10)21-3/h5-7,9H,4,8H2,1-3H3. The maximum absolute atomic E-state index is 12.1. The van der Waals surface area contributed by atoms with Crippen molar-refractivity contribution >= 4 is 23.3 Å². The van der Waals surface area contributed by atoms with Crippen LogP contribution in [0.1, 0.15) is 32.8 Å². The first-order valence-electron chi connectivity index (χ1n) is 7.09. The number of nitrogens with zero attached hydrogens (tertiary/aromatic N) is 1. The molecule has 24 heavy (non-hydrogen) atoms. The average molecular weight is 351 g/mol. The van der Waals surface area contributed by atoms with Crippen LogP contribution in [0.2, 0.25) is 0 Å². The Bertz CT molecular complexity index is 705. The normalized spacial score (nSPS) is 10.1. The number of thiazole rings is 1. The van der Waals surface area contributed by atoms with E-state index in [4.69, 9.17) is 18.9 Å². The molecule has 0 aliphatic rings. The SMILES string of the molecule is CCOC(=O)c1nc(COC(=O)c2cc(OC)cc(OC)c2)cs1. The summed E-state index contributed by atoms with van der Waals surface area (Å²) in [6.45, 7) is 1.95. The molecular weight excluding hydrogens is 334 g/mol. The lowest BCUT2D eigenvalue weighted by molar-refractivity contribution is 0.0467. The van der Waals surface area contributed by atoms with E-state index >= 15 is 0 Å². The van der Waals surface area contributed by atoms with Crippen LogP contribution in [0.5, 0.6) is 11.5 Å². The van der Waals surface area contributed by atoms with Crippen LogP contribution < -0.4 is 9.47 Å². The third kappa shape index (κ3) is 4.45. The van der Waals surface area contributed by atoms with Gasteiger partial charge in [-0.1, -0.05) is 0 Å². The van der Waals surface area contributed by atoms with Gasteiger partial charge in [0.1, 0.15) is 18.1 Å². The van der Waals surface area contributed by atoms with Gasteiger partial charge in [0.2, 0.25) is 5.01 Å². The molecule has 8 heteroatoms. The molecule has 0 radical (unpaired) electrons. The van der Waals surface area contributed by atoms with Crippen molar-refractivity contribution in [3.63, 3.8) is 0 Å². The highest BCUT2D eigenvalue weighted by Crippen LogP contribution is 2.23. The largest absolute Gasteiger partial charge is 0.497 e. The minimum Gasteiger partial charge on any atom is -0.497 e. The van der Waals surface area contributed by atoms with Crippen LogP contribution in [0.25, 0.3) is 0 Å². The minimum atomic E-state index is -0.544. The van der Waals surface area contributed by atoms with E-state index in [-0.39, 0.29) is 18.2 Å². The molecule has 0 bridgehead atoms. The van der Waals surface area contributed by atoms with E-state index < -0.39 is 11.9 Å². The molecule has 0 N–H and O–H groups in total. The predicted molar refractivity (Wildman–Crippen MR) is 86.7 cm³/mol. The molecule has 0 spiro atoms. The number of ether oxygens (including phenoxy) is 4. The zero-order valence-electron chi connectivity index (χ0n) is 13.5. The molecule has 1 heterocycles. The Labute approximate surface area is 143 Å². The summed E-state index contributed by atoms with van der Waals surface area (Å²) in [6.07, 6.45) is 0. The monoisotopic (exact) mass is 351 g/mol. The van der Waals surface area contributed by atoms with Crippen molar-refractivity contribution in [1.29, 1.82) is 0 Å². The zero-order valence-corrected chi connectivity index (χ0v) is 14.3. The highest BCUT2D eigenvalue weighted by atomic mass is 32.1. The van der Waals surface area contributed by atoms with Gasteiger partial charge in [-0.05, 0) is 19.1 Å². The van der Waals surface area contributed by atoms with Gasteiger partial charge in [0.15, 0.2) is 0 Å². The Hall–Kier alpha value is -2.61. The number of carbonyl (C=O) groups is 2. The minimum absolute atomic E-state index is 0.0474. The molecule has 2 aromatic rings. The van der Waals surface area contributed by atoms with E-state index in [1.54, 1.807) is 30.5 Å². The molecular formula is C16H17NO6S. The quantitative estimate of drug-likeness (QED) is 0.709. The van der Waals surface area contributed by atoms with Crippen molar-refractivity contribution in [2.45, 2.75) is 13.5 Å². The van der Waals surface area contributed by atoms with Gasteiger partial charge in [-0.2, -0.15) is 0 Å². The topological polar surface area (TPSA) is 84.0 Å². The third-order valence-corrected chi connectivity index (χ3v) is 3.81.